The number of amides is 1. The molecule has 0 aromatic heterocycles. The maximum absolute atomic E-state index is 12.8. The third kappa shape index (κ3) is 8.04. The number of ether oxygens (including phenoxy) is 1. The van der Waals surface area contributed by atoms with Gasteiger partial charge in [0.1, 0.15) is 5.82 Å². The van der Waals surface area contributed by atoms with Crippen molar-refractivity contribution in [2.75, 3.05) is 39.1 Å². The van der Waals surface area contributed by atoms with Gasteiger partial charge in [-0.2, -0.15) is 0 Å². The lowest BCUT2D eigenvalue weighted by molar-refractivity contribution is -0.123. The molecule has 1 rings (SSSR count). The molecule has 6 heteroatoms. The van der Waals surface area contributed by atoms with Crippen LogP contribution in [0.1, 0.15) is 6.92 Å². The first kappa shape index (κ1) is 17.9. The largest absolute Gasteiger partial charge is 0.383 e. The van der Waals surface area contributed by atoms with E-state index in [9.17, 15) is 9.18 Å². The lowest BCUT2D eigenvalue weighted by Gasteiger charge is -2.12. The Kier molecular flexibility index (Phi) is 9.05. The summed E-state index contributed by atoms with van der Waals surface area (Å²) in [6.45, 7) is 4.67. The number of methoxy groups -OCH3 is 1. The van der Waals surface area contributed by atoms with E-state index in [1.165, 1.54) is 12.1 Å². The quantitative estimate of drug-likeness (QED) is 0.512. The van der Waals surface area contributed by atoms with Crippen LogP contribution in [0.4, 0.5) is 4.39 Å². The van der Waals surface area contributed by atoms with E-state index in [1.54, 1.807) is 31.0 Å². The van der Waals surface area contributed by atoms with Crippen LogP contribution in [0, 0.1) is 11.7 Å². The standard InChI is InChI=1S/C15H23FN2O2S/c1-12(11-21-14-5-3-13(16)4-6-14)15(19)18-8-7-17-9-10-20-2/h3-6,12,17H,7-11H2,1-2H3,(H,18,19). The van der Waals surface area contributed by atoms with Crippen molar-refractivity contribution in [2.24, 2.45) is 5.92 Å². The number of hydrogen-bond acceptors (Lipinski definition) is 4. The highest BCUT2D eigenvalue weighted by Crippen LogP contribution is 2.20. The molecule has 1 aromatic rings. The maximum atomic E-state index is 12.8. The first-order valence-electron chi connectivity index (χ1n) is 6.99. The van der Waals surface area contributed by atoms with Gasteiger partial charge < -0.3 is 15.4 Å². The fourth-order valence-electron chi connectivity index (χ4n) is 1.58. The van der Waals surface area contributed by atoms with Crippen LogP contribution in [-0.4, -0.2) is 45.0 Å². The minimum atomic E-state index is -0.244. The molecule has 0 aliphatic rings. The molecule has 0 heterocycles. The Balaban J connectivity index is 2.14. The van der Waals surface area contributed by atoms with E-state index < -0.39 is 0 Å². The summed E-state index contributed by atoms with van der Waals surface area (Å²) in [7, 11) is 1.66. The van der Waals surface area contributed by atoms with Crippen LogP contribution in [0.3, 0.4) is 0 Å². The van der Waals surface area contributed by atoms with Gasteiger partial charge in [-0.25, -0.2) is 4.39 Å². The SMILES string of the molecule is COCCNCCNC(=O)C(C)CSc1ccc(F)cc1. The molecule has 0 saturated heterocycles. The molecule has 1 unspecified atom stereocenters. The molecule has 0 saturated carbocycles. The van der Waals surface area contributed by atoms with Gasteiger partial charge in [0, 0.05) is 43.3 Å². The van der Waals surface area contributed by atoms with Crippen LogP contribution in [-0.2, 0) is 9.53 Å². The smallest absolute Gasteiger partial charge is 0.223 e. The lowest BCUT2D eigenvalue weighted by atomic mass is 10.2. The summed E-state index contributed by atoms with van der Waals surface area (Å²) in [6.07, 6.45) is 0. The van der Waals surface area contributed by atoms with Gasteiger partial charge in [0.25, 0.3) is 0 Å². The van der Waals surface area contributed by atoms with Crippen molar-refractivity contribution < 1.29 is 13.9 Å². The molecule has 1 aromatic carbocycles. The number of hydrogen-bond donors (Lipinski definition) is 2. The summed E-state index contributed by atoms with van der Waals surface area (Å²) >= 11 is 1.56. The second-order valence-electron chi connectivity index (χ2n) is 4.70. The van der Waals surface area contributed by atoms with E-state index in [-0.39, 0.29) is 17.6 Å². The molecule has 1 amide bonds. The number of rotatable bonds is 10. The van der Waals surface area contributed by atoms with Crippen molar-refractivity contribution in [1.29, 1.82) is 0 Å². The Bertz CT molecular complexity index is 415. The van der Waals surface area contributed by atoms with Crippen molar-refractivity contribution in [3.8, 4) is 0 Å². The predicted molar refractivity (Wildman–Crippen MR) is 84.0 cm³/mol. The highest BCUT2D eigenvalue weighted by Gasteiger charge is 2.12. The normalized spacial score (nSPS) is 12.1. The number of benzene rings is 1. The summed E-state index contributed by atoms with van der Waals surface area (Å²) in [6, 6.07) is 6.31. The van der Waals surface area contributed by atoms with Crippen LogP contribution < -0.4 is 10.6 Å². The molecule has 0 bridgehead atoms. The fraction of sp³-hybridized carbons (Fsp3) is 0.533. The van der Waals surface area contributed by atoms with E-state index >= 15 is 0 Å². The first-order chi connectivity index (χ1) is 10.1. The average molecular weight is 314 g/mol. The summed E-state index contributed by atoms with van der Waals surface area (Å²) in [5, 5.41) is 6.05. The van der Waals surface area contributed by atoms with Gasteiger partial charge in [-0.15, -0.1) is 11.8 Å². The number of nitrogens with one attached hydrogen (secondary N) is 2. The second kappa shape index (κ2) is 10.6. The number of thioether (sulfide) groups is 1. The molecule has 4 nitrogen and oxygen atoms in total. The van der Waals surface area contributed by atoms with Crippen molar-refractivity contribution >= 4 is 17.7 Å². The zero-order chi connectivity index (χ0) is 15.5. The number of halogens is 1. The van der Waals surface area contributed by atoms with E-state index in [0.29, 0.717) is 18.9 Å². The Morgan fingerprint density at radius 3 is 2.67 bits per heavy atom. The van der Waals surface area contributed by atoms with Gasteiger partial charge in [-0.1, -0.05) is 6.92 Å². The molecule has 21 heavy (non-hydrogen) atoms. The Labute approximate surface area is 129 Å². The Morgan fingerprint density at radius 1 is 1.29 bits per heavy atom. The Hall–Kier alpha value is -1.11. The van der Waals surface area contributed by atoms with Crippen LogP contribution in [0.2, 0.25) is 0 Å². The topological polar surface area (TPSA) is 50.4 Å². The average Bonchev–Trinajstić information content (AvgIpc) is 2.49. The van der Waals surface area contributed by atoms with Gasteiger partial charge >= 0.3 is 0 Å². The monoisotopic (exact) mass is 314 g/mol. The summed E-state index contributed by atoms with van der Waals surface area (Å²) in [4.78, 5) is 12.8. The minimum Gasteiger partial charge on any atom is -0.383 e. The first-order valence-corrected chi connectivity index (χ1v) is 7.97. The molecular weight excluding hydrogens is 291 g/mol. The van der Waals surface area contributed by atoms with Gasteiger partial charge in [-0.3, -0.25) is 4.79 Å². The molecule has 2 N–H and O–H groups in total. The second-order valence-corrected chi connectivity index (χ2v) is 5.79. The van der Waals surface area contributed by atoms with Crippen molar-refractivity contribution in [1.82, 2.24) is 10.6 Å². The van der Waals surface area contributed by atoms with Gasteiger partial charge in [-0.05, 0) is 24.3 Å². The van der Waals surface area contributed by atoms with E-state index in [4.69, 9.17) is 4.74 Å². The fourth-order valence-corrected chi connectivity index (χ4v) is 2.50. The summed E-state index contributed by atoms with van der Waals surface area (Å²) in [5.74, 6) is 0.387. The maximum Gasteiger partial charge on any atom is 0.223 e. The summed E-state index contributed by atoms with van der Waals surface area (Å²) in [5.41, 5.74) is 0. The molecule has 0 spiro atoms. The predicted octanol–water partition coefficient (Wildman–Crippen LogP) is 1.91. The molecular formula is C15H23FN2O2S. The highest BCUT2D eigenvalue weighted by atomic mass is 32.2. The third-order valence-corrected chi connectivity index (χ3v) is 4.12. The zero-order valence-electron chi connectivity index (χ0n) is 12.5. The highest BCUT2D eigenvalue weighted by molar-refractivity contribution is 7.99. The minimum absolute atomic E-state index is 0.0400. The van der Waals surface area contributed by atoms with E-state index in [2.05, 4.69) is 10.6 Å². The molecule has 0 aliphatic carbocycles. The van der Waals surface area contributed by atoms with Crippen LogP contribution in [0.5, 0.6) is 0 Å². The van der Waals surface area contributed by atoms with Crippen LogP contribution in [0.25, 0.3) is 0 Å². The third-order valence-electron chi connectivity index (χ3n) is 2.85. The van der Waals surface area contributed by atoms with Gasteiger partial charge in [0.05, 0.1) is 6.61 Å². The van der Waals surface area contributed by atoms with E-state index in [0.717, 1.165) is 18.0 Å². The summed E-state index contributed by atoms with van der Waals surface area (Å²) < 4.78 is 17.7. The van der Waals surface area contributed by atoms with Crippen LogP contribution in [0.15, 0.2) is 29.2 Å². The molecule has 0 aliphatic heterocycles. The van der Waals surface area contributed by atoms with Crippen molar-refractivity contribution in [3.05, 3.63) is 30.1 Å². The molecule has 0 fully saturated rings. The number of carbonyl (C=O) groups excluding carboxylic acids is 1. The Morgan fingerprint density at radius 2 is 2.00 bits per heavy atom. The lowest BCUT2D eigenvalue weighted by Crippen LogP contribution is -2.36. The van der Waals surface area contributed by atoms with Gasteiger partial charge in [0.15, 0.2) is 0 Å². The van der Waals surface area contributed by atoms with Crippen LogP contribution >= 0.6 is 11.8 Å². The van der Waals surface area contributed by atoms with Crippen molar-refractivity contribution in [3.63, 3.8) is 0 Å². The molecule has 1 atom stereocenters. The van der Waals surface area contributed by atoms with Gasteiger partial charge in [0.2, 0.25) is 5.91 Å². The molecule has 118 valence electrons. The number of carbonyl (C=O) groups is 1. The zero-order valence-corrected chi connectivity index (χ0v) is 13.3. The van der Waals surface area contributed by atoms with E-state index in [1.807, 2.05) is 6.92 Å². The molecule has 0 radical (unpaired) electrons. The van der Waals surface area contributed by atoms with Crippen molar-refractivity contribution in [2.45, 2.75) is 11.8 Å².